The number of aromatic amines is 1. The smallest absolute Gasteiger partial charge is 0.251 e. The van der Waals surface area contributed by atoms with Crippen LogP contribution < -0.4 is 10.9 Å². The lowest BCUT2D eigenvalue weighted by Crippen LogP contribution is -2.25. The number of hydrogen-bond acceptors (Lipinski definition) is 5. The fourth-order valence-electron chi connectivity index (χ4n) is 2.23. The first-order valence-electron chi connectivity index (χ1n) is 8.35. The summed E-state index contributed by atoms with van der Waals surface area (Å²) in [5.41, 5.74) is 2.04. The van der Waals surface area contributed by atoms with Gasteiger partial charge in [0.25, 0.3) is 5.56 Å². The standard InChI is InChI=1S/C18H22ClN3O2S2/c1-4-15(17(24)21-14-8-6-7-13(19)11(14)3)26-18-20-12(10-25-5-2)9-16(23)22-18/h6-9,15H,4-5,10H2,1-3H3,(H,21,24)(H,20,22,23). The van der Waals surface area contributed by atoms with E-state index in [1.165, 1.54) is 17.8 Å². The van der Waals surface area contributed by atoms with Crippen LogP contribution in [0.3, 0.4) is 0 Å². The second-order valence-corrected chi connectivity index (χ2v) is 8.47. The zero-order valence-electron chi connectivity index (χ0n) is 15.0. The van der Waals surface area contributed by atoms with Gasteiger partial charge in [0.15, 0.2) is 5.16 Å². The maximum absolute atomic E-state index is 12.7. The Balaban J connectivity index is 2.13. The number of carbonyl (C=O) groups is 1. The van der Waals surface area contributed by atoms with Crippen molar-refractivity contribution in [3.63, 3.8) is 0 Å². The molecule has 0 bridgehead atoms. The van der Waals surface area contributed by atoms with E-state index in [0.29, 0.717) is 28.0 Å². The summed E-state index contributed by atoms with van der Waals surface area (Å²) < 4.78 is 0. The molecule has 2 aromatic rings. The Hall–Kier alpha value is -1.44. The van der Waals surface area contributed by atoms with Gasteiger partial charge in [-0.1, -0.05) is 43.3 Å². The molecule has 140 valence electrons. The summed E-state index contributed by atoms with van der Waals surface area (Å²) in [4.78, 5) is 31.7. The van der Waals surface area contributed by atoms with Crippen LogP contribution in [0, 0.1) is 6.92 Å². The van der Waals surface area contributed by atoms with Crippen LogP contribution >= 0.6 is 35.1 Å². The van der Waals surface area contributed by atoms with Crippen LogP contribution in [0.4, 0.5) is 5.69 Å². The minimum atomic E-state index is -0.370. The van der Waals surface area contributed by atoms with E-state index in [1.807, 2.05) is 19.9 Å². The summed E-state index contributed by atoms with van der Waals surface area (Å²) in [7, 11) is 0. The van der Waals surface area contributed by atoms with Crippen molar-refractivity contribution in [1.29, 1.82) is 0 Å². The highest BCUT2D eigenvalue weighted by Gasteiger charge is 2.20. The summed E-state index contributed by atoms with van der Waals surface area (Å²) in [6, 6.07) is 6.91. The molecule has 0 saturated carbocycles. The predicted molar refractivity (Wildman–Crippen MR) is 111 cm³/mol. The Bertz CT molecular complexity index is 826. The van der Waals surface area contributed by atoms with Gasteiger partial charge in [-0.2, -0.15) is 11.8 Å². The van der Waals surface area contributed by atoms with E-state index in [-0.39, 0.29) is 16.7 Å². The van der Waals surface area contributed by atoms with E-state index >= 15 is 0 Å². The molecule has 1 aromatic heterocycles. The number of hydrogen-bond donors (Lipinski definition) is 2. The van der Waals surface area contributed by atoms with Gasteiger partial charge in [0.2, 0.25) is 5.91 Å². The SMILES string of the molecule is CCSCc1cc(=O)[nH]c(SC(CC)C(=O)Nc2cccc(Cl)c2C)n1. The second kappa shape index (κ2) is 10.0. The highest BCUT2D eigenvalue weighted by atomic mass is 35.5. The van der Waals surface area contributed by atoms with Gasteiger partial charge in [0, 0.05) is 22.5 Å². The van der Waals surface area contributed by atoms with Gasteiger partial charge >= 0.3 is 0 Å². The zero-order valence-corrected chi connectivity index (χ0v) is 17.4. The third-order valence-electron chi connectivity index (χ3n) is 3.67. The van der Waals surface area contributed by atoms with Crippen LogP contribution in [0.1, 0.15) is 31.5 Å². The molecule has 1 aromatic carbocycles. The van der Waals surface area contributed by atoms with Gasteiger partial charge in [-0.05, 0) is 36.8 Å². The van der Waals surface area contributed by atoms with Gasteiger partial charge < -0.3 is 10.3 Å². The third-order valence-corrected chi connectivity index (χ3v) is 6.24. The molecule has 26 heavy (non-hydrogen) atoms. The van der Waals surface area contributed by atoms with Gasteiger partial charge in [0.05, 0.1) is 10.9 Å². The monoisotopic (exact) mass is 411 g/mol. The second-order valence-electron chi connectivity index (χ2n) is 5.60. The minimum Gasteiger partial charge on any atom is -0.325 e. The first-order chi connectivity index (χ1) is 12.4. The predicted octanol–water partition coefficient (Wildman–Crippen LogP) is 4.49. The van der Waals surface area contributed by atoms with Crippen LogP contribution in [0.15, 0.2) is 34.2 Å². The summed E-state index contributed by atoms with van der Waals surface area (Å²) in [5.74, 6) is 1.49. The van der Waals surface area contributed by atoms with Gasteiger partial charge in [-0.25, -0.2) is 4.98 Å². The molecule has 0 aliphatic heterocycles. The molecular weight excluding hydrogens is 390 g/mol. The molecule has 0 radical (unpaired) electrons. The summed E-state index contributed by atoms with van der Waals surface area (Å²) in [5, 5.41) is 3.62. The van der Waals surface area contributed by atoms with Crippen LogP contribution in [0.5, 0.6) is 0 Å². The molecule has 8 heteroatoms. The van der Waals surface area contributed by atoms with E-state index < -0.39 is 0 Å². The molecule has 2 N–H and O–H groups in total. The van der Waals surface area contributed by atoms with Crippen molar-refractivity contribution in [2.75, 3.05) is 11.1 Å². The fourth-order valence-corrected chi connectivity index (χ4v) is 3.90. The lowest BCUT2D eigenvalue weighted by molar-refractivity contribution is -0.115. The molecule has 0 aliphatic carbocycles. The lowest BCUT2D eigenvalue weighted by Gasteiger charge is -2.16. The molecule has 1 unspecified atom stereocenters. The molecule has 0 fully saturated rings. The Kier molecular flexibility index (Phi) is 8.06. The van der Waals surface area contributed by atoms with Crippen LogP contribution in [-0.2, 0) is 10.5 Å². The topological polar surface area (TPSA) is 74.8 Å². The van der Waals surface area contributed by atoms with Crippen LogP contribution in [0.2, 0.25) is 5.02 Å². The van der Waals surface area contributed by atoms with E-state index in [2.05, 4.69) is 22.2 Å². The maximum atomic E-state index is 12.7. The van der Waals surface area contributed by atoms with Crippen molar-refractivity contribution in [3.05, 3.63) is 50.9 Å². The molecule has 2 rings (SSSR count). The number of nitrogens with one attached hydrogen (secondary N) is 2. The van der Waals surface area contributed by atoms with Gasteiger partial charge in [0.1, 0.15) is 0 Å². The van der Waals surface area contributed by atoms with Gasteiger partial charge in [-0.3, -0.25) is 9.59 Å². The van der Waals surface area contributed by atoms with Crippen molar-refractivity contribution in [2.45, 2.75) is 43.4 Å². The van der Waals surface area contributed by atoms with Crippen molar-refractivity contribution >= 4 is 46.7 Å². The first-order valence-corrected chi connectivity index (χ1v) is 10.8. The van der Waals surface area contributed by atoms with Crippen molar-refractivity contribution in [2.24, 2.45) is 0 Å². The number of nitrogens with zero attached hydrogens (tertiary/aromatic N) is 1. The quantitative estimate of drug-likeness (QED) is 0.494. The molecule has 1 atom stereocenters. The third kappa shape index (κ3) is 5.79. The number of benzene rings is 1. The summed E-state index contributed by atoms with van der Waals surface area (Å²) in [6.07, 6.45) is 0.605. The molecule has 5 nitrogen and oxygen atoms in total. The molecule has 1 heterocycles. The average molecular weight is 412 g/mol. The fraction of sp³-hybridized carbons (Fsp3) is 0.389. The largest absolute Gasteiger partial charge is 0.325 e. The van der Waals surface area contributed by atoms with E-state index in [9.17, 15) is 9.59 Å². The number of halogens is 1. The number of carbonyl (C=O) groups excluding carboxylic acids is 1. The highest BCUT2D eigenvalue weighted by molar-refractivity contribution is 8.00. The molecule has 0 spiro atoms. The number of H-pyrrole nitrogens is 1. The van der Waals surface area contributed by atoms with E-state index in [4.69, 9.17) is 11.6 Å². The average Bonchev–Trinajstić information content (AvgIpc) is 2.61. The van der Waals surface area contributed by atoms with Gasteiger partial charge in [-0.15, -0.1) is 0 Å². The lowest BCUT2D eigenvalue weighted by atomic mass is 10.2. The Morgan fingerprint density at radius 3 is 2.85 bits per heavy atom. The molecule has 0 aliphatic rings. The van der Waals surface area contributed by atoms with Crippen molar-refractivity contribution < 1.29 is 4.79 Å². The molecular formula is C18H22ClN3O2S2. The highest BCUT2D eigenvalue weighted by Crippen LogP contribution is 2.26. The molecule has 1 amide bonds. The Morgan fingerprint density at radius 2 is 2.15 bits per heavy atom. The normalized spacial score (nSPS) is 12.0. The number of amides is 1. The Morgan fingerprint density at radius 1 is 1.38 bits per heavy atom. The minimum absolute atomic E-state index is 0.140. The van der Waals surface area contributed by atoms with Crippen molar-refractivity contribution in [3.8, 4) is 0 Å². The molecule has 0 saturated heterocycles. The van der Waals surface area contributed by atoms with Crippen molar-refractivity contribution in [1.82, 2.24) is 9.97 Å². The summed E-state index contributed by atoms with van der Waals surface area (Å²) >= 11 is 9.07. The summed E-state index contributed by atoms with van der Waals surface area (Å²) in [6.45, 7) is 5.85. The number of thioether (sulfide) groups is 2. The van der Waals surface area contributed by atoms with E-state index in [1.54, 1.807) is 23.9 Å². The maximum Gasteiger partial charge on any atom is 0.251 e. The zero-order chi connectivity index (χ0) is 19.1. The van der Waals surface area contributed by atoms with E-state index in [0.717, 1.165) is 17.0 Å². The number of rotatable bonds is 8. The first kappa shape index (κ1) is 20.9. The number of aromatic nitrogens is 2. The number of anilines is 1. The van der Waals surface area contributed by atoms with Crippen LogP contribution in [0.25, 0.3) is 0 Å². The Labute approximate surface area is 166 Å². The van der Waals surface area contributed by atoms with Crippen LogP contribution in [-0.4, -0.2) is 26.9 Å².